The van der Waals surface area contributed by atoms with Crippen molar-refractivity contribution in [2.45, 2.75) is 44.7 Å². The maximum absolute atomic E-state index is 13.1. The number of aromatic nitrogens is 2. The van der Waals surface area contributed by atoms with Gasteiger partial charge in [-0.1, -0.05) is 30.7 Å². The molecular weight excluding hydrogens is 428 g/mol. The highest BCUT2D eigenvalue weighted by molar-refractivity contribution is 5.94. The third-order valence-corrected chi connectivity index (χ3v) is 7.47. The quantitative estimate of drug-likeness (QED) is 0.562. The summed E-state index contributed by atoms with van der Waals surface area (Å²) in [6, 6.07) is 15.4. The van der Waals surface area contributed by atoms with Gasteiger partial charge < -0.3 is 14.4 Å². The third kappa shape index (κ3) is 4.32. The zero-order valence-corrected chi connectivity index (χ0v) is 19.8. The first-order valence-corrected chi connectivity index (χ1v) is 12.3. The Kier molecular flexibility index (Phi) is 6.37. The van der Waals surface area contributed by atoms with E-state index in [4.69, 9.17) is 0 Å². The summed E-state index contributed by atoms with van der Waals surface area (Å²) in [5.74, 6) is 0.0693. The molecule has 1 aromatic heterocycles. The molecule has 34 heavy (non-hydrogen) atoms. The van der Waals surface area contributed by atoms with Crippen molar-refractivity contribution in [1.82, 2.24) is 18.9 Å². The summed E-state index contributed by atoms with van der Waals surface area (Å²) in [7, 11) is 1.62. The van der Waals surface area contributed by atoms with Crippen LogP contribution < -0.4 is 11.1 Å². The van der Waals surface area contributed by atoms with E-state index in [2.05, 4.69) is 4.90 Å². The number of benzene rings is 2. The predicted molar refractivity (Wildman–Crippen MR) is 133 cm³/mol. The van der Waals surface area contributed by atoms with Crippen LogP contribution in [0.5, 0.6) is 0 Å². The molecule has 0 saturated carbocycles. The zero-order chi connectivity index (χ0) is 23.7. The maximum atomic E-state index is 13.1. The topological polar surface area (TPSA) is 67.5 Å². The number of amides is 1. The Bertz CT molecular complexity index is 1290. The van der Waals surface area contributed by atoms with Crippen LogP contribution in [0, 0.1) is 0 Å². The van der Waals surface area contributed by atoms with Crippen molar-refractivity contribution in [2.24, 2.45) is 7.05 Å². The monoisotopic (exact) mass is 460 g/mol. The van der Waals surface area contributed by atoms with E-state index in [1.807, 2.05) is 53.4 Å². The molecule has 7 nitrogen and oxygen atoms in total. The molecule has 5 rings (SSSR count). The van der Waals surface area contributed by atoms with Gasteiger partial charge >= 0.3 is 11.1 Å². The minimum atomic E-state index is -0.544. The molecule has 3 heterocycles. The zero-order valence-electron chi connectivity index (χ0n) is 19.8. The predicted octanol–water partition coefficient (Wildman–Crippen LogP) is 2.84. The number of aryl methyl sites for hydroxylation is 1. The highest BCUT2D eigenvalue weighted by Crippen LogP contribution is 2.22. The Morgan fingerprint density at radius 1 is 0.824 bits per heavy atom. The number of fused-ring (bicyclic) bond motifs is 1. The number of piperidine rings is 2. The molecule has 0 aliphatic carbocycles. The van der Waals surface area contributed by atoms with Crippen molar-refractivity contribution in [3.63, 3.8) is 0 Å². The van der Waals surface area contributed by atoms with Crippen molar-refractivity contribution < 1.29 is 4.79 Å². The van der Waals surface area contributed by atoms with Gasteiger partial charge in [-0.25, -0.2) is 0 Å². The standard InChI is InChI=1S/C27H32N4O3/c1-28-23-7-3-4-8-24(23)31(27(34)26(28)33)19-20-9-11-21(12-10-20)25(32)30-17-13-22(14-18-30)29-15-5-2-6-16-29/h3-4,7-12,22H,2,5-6,13-19H2,1H3. The van der Waals surface area contributed by atoms with Crippen LogP contribution >= 0.6 is 0 Å². The van der Waals surface area contributed by atoms with Crippen LogP contribution in [0.25, 0.3) is 11.0 Å². The first kappa shape index (κ1) is 22.6. The van der Waals surface area contributed by atoms with Crippen LogP contribution in [0.3, 0.4) is 0 Å². The molecule has 0 bridgehead atoms. The lowest BCUT2D eigenvalue weighted by atomic mass is 9.99. The fourth-order valence-electron chi connectivity index (χ4n) is 5.45. The van der Waals surface area contributed by atoms with E-state index in [-0.39, 0.29) is 12.5 Å². The first-order valence-electron chi connectivity index (χ1n) is 12.3. The van der Waals surface area contributed by atoms with Gasteiger partial charge in [-0.2, -0.15) is 0 Å². The summed E-state index contributed by atoms with van der Waals surface area (Å²) in [4.78, 5) is 42.8. The SMILES string of the molecule is Cn1c(=O)c(=O)n(Cc2ccc(C(=O)N3CCC(N4CCCCC4)CC3)cc2)c2ccccc21. The molecule has 0 N–H and O–H groups in total. The number of nitrogens with zero attached hydrogens (tertiary/aromatic N) is 4. The normalized spacial score (nSPS) is 17.9. The van der Waals surface area contributed by atoms with Crippen molar-refractivity contribution in [3.05, 3.63) is 80.4 Å². The van der Waals surface area contributed by atoms with Gasteiger partial charge in [-0.3, -0.25) is 19.0 Å². The fraction of sp³-hybridized carbons (Fsp3) is 0.444. The molecule has 2 fully saturated rings. The van der Waals surface area contributed by atoms with E-state index in [0.717, 1.165) is 31.5 Å². The smallest absolute Gasteiger partial charge is 0.317 e. The molecular formula is C27H32N4O3. The Balaban J connectivity index is 1.28. The molecule has 2 saturated heterocycles. The number of hydrogen-bond acceptors (Lipinski definition) is 4. The average Bonchev–Trinajstić information content (AvgIpc) is 2.90. The lowest BCUT2D eigenvalue weighted by Crippen LogP contribution is -2.48. The summed E-state index contributed by atoms with van der Waals surface area (Å²) in [6.07, 6.45) is 6.02. The van der Waals surface area contributed by atoms with E-state index in [9.17, 15) is 14.4 Å². The minimum Gasteiger partial charge on any atom is -0.339 e. The lowest BCUT2D eigenvalue weighted by molar-refractivity contribution is 0.0590. The summed E-state index contributed by atoms with van der Waals surface area (Å²) in [5, 5.41) is 0. The first-order chi connectivity index (χ1) is 16.5. The number of likely N-dealkylation sites (tertiary alicyclic amines) is 2. The van der Waals surface area contributed by atoms with Crippen molar-refractivity contribution in [1.29, 1.82) is 0 Å². The van der Waals surface area contributed by atoms with Gasteiger partial charge in [0.2, 0.25) is 0 Å². The number of carbonyl (C=O) groups excluding carboxylic acids is 1. The largest absolute Gasteiger partial charge is 0.339 e. The highest BCUT2D eigenvalue weighted by Gasteiger charge is 2.28. The van der Waals surface area contributed by atoms with Crippen LogP contribution in [-0.2, 0) is 13.6 Å². The van der Waals surface area contributed by atoms with Crippen LogP contribution in [0.2, 0.25) is 0 Å². The number of carbonyl (C=O) groups is 1. The van der Waals surface area contributed by atoms with Gasteiger partial charge in [0.15, 0.2) is 0 Å². The van der Waals surface area contributed by atoms with Gasteiger partial charge in [0, 0.05) is 31.7 Å². The van der Waals surface area contributed by atoms with Crippen LogP contribution in [0.1, 0.15) is 48.0 Å². The highest BCUT2D eigenvalue weighted by atomic mass is 16.2. The van der Waals surface area contributed by atoms with E-state index in [1.54, 1.807) is 7.05 Å². The Morgan fingerprint density at radius 3 is 2.15 bits per heavy atom. The molecule has 178 valence electrons. The van der Waals surface area contributed by atoms with Gasteiger partial charge in [-0.05, 0) is 68.6 Å². The van der Waals surface area contributed by atoms with E-state index in [0.29, 0.717) is 22.6 Å². The Morgan fingerprint density at radius 2 is 1.47 bits per heavy atom. The molecule has 3 aromatic rings. The van der Waals surface area contributed by atoms with Crippen LogP contribution in [0.4, 0.5) is 0 Å². The third-order valence-electron chi connectivity index (χ3n) is 7.47. The van der Waals surface area contributed by atoms with E-state index < -0.39 is 11.1 Å². The molecule has 0 atom stereocenters. The van der Waals surface area contributed by atoms with Gasteiger partial charge in [0.05, 0.1) is 17.6 Å². The molecule has 7 heteroatoms. The maximum Gasteiger partial charge on any atom is 0.317 e. The Hall–Kier alpha value is -3.19. The minimum absolute atomic E-state index is 0.0693. The molecule has 2 aliphatic rings. The van der Waals surface area contributed by atoms with Crippen LogP contribution in [-0.4, -0.2) is 57.1 Å². The molecule has 0 radical (unpaired) electrons. The van der Waals surface area contributed by atoms with Gasteiger partial charge in [-0.15, -0.1) is 0 Å². The second-order valence-electron chi connectivity index (χ2n) is 9.56. The molecule has 2 aliphatic heterocycles. The Labute approximate surface area is 199 Å². The summed E-state index contributed by atoms with van der Waals surface area (Å²) in [6.45, 7) is 4.29. The number of rotatable bonds is 4. The number of hydrogen-bond donors (Lipinski definition) is 0. The van der Waals surface area contributed by atoms with Crippen LogP contribution in [0.15, 0.2) is 58.1 Å². The van der Waals surface area contributed by atoms with E-state index in [1.165, 1.54) is 41.5 Å². The summed E-state index contributed by atoms with van der Waals surface area (Å²) >= 11 is 0. The fourth-order valence-corrected chi connectivity index (χ4v) is 5.45. The number of para-hydroxylation sites is 2. The van der Waals surface area contributed by atoms with Crippen molar-refractivity contribution >= 4 is 16.9 Å². The van der Waals surface area contributed by atoms with Gasteiger partial charge in [0.25, 0.3) is 5.91 Å². The van der Waals surface area contributed by atoms with Crippen molar-refractivity contribution in [3.8, 4) is 0 Å². The van der Waals surface area contributed by atoms with E-state index >= 15 is 0 Å². The van der Waals surface area contributed by atoms with Gasteiger partial charge in [0.1, 0.15) is 0 Å². The lowest BCUT2D eigenvalue weighted by Gasteiger charge is -2.40. The molecule has 0 unspecified atom stereocenters. The second-order valence-corrected chi connectivity index (χ2v) is 9.56. The molecule has 0 spiro atoms. The summed E-state index contributed by atoms with van der Waals surface area (Å²) in [5.41, 5.74) is 1.89. The van der Waals surface area contributed by atoms with Crippen molar-refractivity contribution in [2.75, 3.05) is 26.2 Å². The molecule has 2 aromatic carbocycles. The summed E-state index contributed by atoms with van der Waals surface area (Å²) < 4.78 is 2.91. The average molecular weight is 461 g/mol. The molecule has 1 amide bonds. The second kappa shape index (κ2) is 9.58.